The summed E-state index contributed by atoms with van der Waals surface area (Å²) in [4.78, 5) is 31.0. The van der Waals surface area contributed by atoms with E-state index in [9.17, 15) is 9.59 Å². The third-order valence-corrected chi connectivity index (χ3v) is 5.32. The van der Waals surface area contributed by atoms with Crippen molar-refractivity contribution < 1.29 is 9.59 Å². The van der Waals surface area contributed by atoms with Crippen molar-refractivity contribution in [1.29, 1.82) is 0 Å². The van der Waals surface area contributed by atoms with Crippen molar-refractivity contribution in [2.75, 3.05) is 11.9 Å². The second-order valence-electron chi connectivity index (χ2n) is 7.29. The van der Waals surface area contributed by atoms with E-state index in [4.69, 9.17) is 5.73 Å². The molecule has 0 radical (unpaired) electrons. The number of primary amides is 1. The molecule has 2 N–H and O–H groups in total. The summed E-state index contributed by atoms with van der Waals surface area (Å²) in [6, 6.07) is 11.4. The smallest absolute Gasteiger partial charge is 0.288 e. The molecule has 1 aliphatic rings. The zero-order valence-corrected chi connectivity index (χ0v) is 16.6. The molecule has 0 saturated carbocycles. The lowest BCUT2D eigenvalue weighted by Gasteiger charge is -2.21. The van der Waals surface area contributed by atoms with Crippen molar-refractivity contribution >= 4 is 17.6 Å². The zero-order chi connectivity index (χ0) is 20.7. The van der Waals surface area contributed by atoms with Gasteiger partial charge in [0.2, 0.25) is 11.7 Å². The van der Waals surface area contributed by atoms with Gasteiger partial charge in [-0.3, -0.25) is 14.5 Å². The number of hydrogen-bond donors (Lipinski definition) is 1. The second-order valence-corrected chi connectivity index (χ2v) is 7.29. The van der Waals surface area contributed by atoms with Gasteiger partial charge in [-0.25, -0.2) is 14.3 Å². The van der Waals surface area contributed by atoms with Crippen LogP contribution < -0.4 is 10.6 Å². The molecule has 0 bridgehead atoms. The minimum absolute atomic E-state index is 0.0870. The Morgan fingerprint density at radius 3 is 2.66 bits per heavy atom. The second kappa shape index (κ2) is 7.16. The molecule has 0 spiro atoms. The highest BCUT2D eigenvalue weighted by Crippen LogP contribution is 2.31. The normalized spacial score (nSPS) is 17.7. The third-order valence-electron chi connectivity index (χ3n) is 5.32. The molecule has 2 atom stereocenters. The van der Waals surface area contributed by atoms with Crippen molar-refractivity contribution in [2.45, 2.75) is 38.8 Å². The van der Waals surface area contributed by atoms with Crippen LogP contribution in [0.1, 0.15) is 53.0 Å². The van der Waals surface area contributed by atoms with Crippen LogP contribution >= 0.6 is 0 Å². The summed E-state index contributed by atoms with van der Waals surface area (Å²) in [5, 5.41) is 8.81. The van der Waals surface area contributed by atoms with Crippen LogP contribution in [0.5, 0.6) is 0 Å². The molecular formula is C20H23N7O2. The molecule has 3 heterocycles. The highest BCUT2D eigenvalue weighted by atomic mass is 16.2. The molecule has 4 rings (SSSR count). The molecule has 1 aromatic carbocycles. The predicted molar refractivity (Wildman–Crippen MR) is 107 cm³/mol. The fourth-order valence-electron chi connectivity index (χ4n) is 3.76. The van der Waals surface area contributed by atoms with E-state index < -0.39 is 11.8 Å². The number of amides is 2. The number of hydrogen-bond acceptors (Lipinski definition) is 5. The van der Waals surface area contributed by atoms with Crippen LogP contribution in [-0.2, 0) is 11.3 Å². The SMILES string of the molecule is Cc1cc2n(n1)CC[C@@H](c1nc(C(N)=O)nn1C(C)c1ccccc1)C(=O)N2C. The van der Waals surface area contributed by atoms with Crippen molar-refractivity contribution in [3.8, 4) is 0 Å². The monoisotopic (exact) mass is 393 g/mol. The molecule has 9 heteroatoms. The number of anilines is 1. The topological polar surface area (TPSA) is 112 Å². The van der Waals surface area contributed by atoms with Crippen LogP contribution in [0.25, 0.3) is 0 Å². The highest BCUT2D eigenvalue weighted by Gasteiger charge is 2.35. The number of likely N-dealkylation sites (N-methyl/N-ethyl adjacent to an activating group) is 1. The number of rotatable bonds is 4. The maximum atomic E-state index is 13.3. The zero-order valence-electron chi connectivity index (χ0n) is 16.6. The first-order chi connectivity index (χ1) is 13.9. The first-order valence-electron chi connectivity index (χ1n) is 9.50. The maximum Gasteiger partial charge on any atom is 0.288 e. The van der Waals surface area contributed by atoms with Gasteiger partial charge in [-0.05, 0) is 25.8 Å². The molecule has 0 fully saturated rings. The van der Waals surface area contributed by atoms with E-state index in [1.807, 2.05) is 54.9 Å². The van der Waals surface area contributed by atoms with Gasteiger partial charge >= 0.3 is 0 Å². The van der Waals surface area contributed by atoms with Gasteiger partial charge in [-0.15, -0.1) is 5.10 Å². The fraction of sp³-hybridized carbons (Fsp3) is 0.350. The Morgan fingerprint density at radius 2 is 1.97 bits per heavy atom. The molecule has 0 aliphatic carbocycles. The summed E-state index contributed by atoms with van der Waals surface area (Å²) in [6.07, 6.45) is 0.496. The molecule has 150 valence electrons. The van der Waals surface area contributed by atoms with Gasteiger partial charge in [0.1, 0.15) is 11.6 Å². The molecule has 29 heavy (non-hydrogen) atoms. The Hall–Kier alpha value is -3.49. The summed E-state index contributed by atoms with van der Waals surface area (Å²) < 4.78 is 3.47. The molecule has 1 unspecified atom stereocenters. The Balaban J connectivity index is 1.77. The lowest BCUT2D eigenvalue weighted by atomic mass is 10.0. The van der Waals surface area contributed by atoms with Crippen molar-refractivity contribution in [1.82, 2.24) is 24.5 Å². The van der Waals surface area contributed by atoms with Gasteiger partial charge in [-0.1, -0.05) is 30.3 Å². The van der Waals surface area contributed by atoms with Crippen molar-refractivity contribution in [3.63, 3.8) is 0 Å². The molecule has 2 amide bonds. The minimum Gasteiger partial charge on any atom is -0.363 e. The van der Waals surface area contributed by atoms with Gasteiger partial charge in [-0.2, -0.15) is 5.10 Å². The summed E-state index contributed by atoms with van der Waals surface area (Å²) in [5.74, 6) is -0.302. The third kappa shape index (κ3) is 3.28. The van der Waals surface area contributed by atoms with E-state index in [0.717, 1.165) is 17.1 Å². The first kappa shape index (κ1) is 18.9. The quantitative estimate of drug-likeness (QED) is 0.724. The van der Waals surface area contributed by atoms with Crippen LogP contribution in [0.2, 0.25) is 0 Å². The van der Waals surface area contributed by atoms with E-state index in [0.29, 0.717) is 18.8 Å². The van der Waals surface area contributed by atoms with Crippen LogP contribution in [0, 0.1) is 6.92 Å². The minimum atomic E-state index is -0.719. The number of aromatic nitrogens is 5. The number of benzene rings is 1. The number of carbonyl (C=O) groups excluding carboxylic acids is 2. The van der Waals surface area contributed by atoms with Crippen molar-refractivity contribution in [3.05, 3.63) is 59.3 Å². The summed E-state index contributed by atoms with van der Waals surface area (Å²) in [5.41, 5.74) is 7.29. The predicted octanol–water partition coefficient (Wildman–Crippen LogP) is 1.64. The van der Waals surface area contributed by atoms with Crippen LogP contribution in [-0.4, -0.2) is 43.4 Å². The summed E-state index contributed by atoms with van der Waals surface area (Å²) >= 11 is 0. The lowest BCUT2D eigenvalue weighted by molar-refractivity contribution is -0.120. The van der Waals surface area contributed by atoms with Crippen LogP contribution in [0.4, 0.5) is 5.82 Å². The van der Waals surface area contributed by atoms with Crippen molar-refractivity contribution in [2.24, 2.45) is 5.73 Å². The molecule has 0 saturated heterocycles. The summed E-state index contributed by atoms with van der Waals surface area (Å²) in [6.45, 7) is 4.41. The van der Waals surface area contributed by atoms with E-state index >= 15 is 0 Å². The van der Waals surface area contributed by atoms with Gasteiger partial charge in [0.05, 0.1) is 17.7 Å². The number of fused-ring (bicyclic) bond motifs is 1. The fourth-order valence-corrected chi connectivity index (χ4v) is 3.76. The lowest BCUT2D eigenvalue weighted by Crippen LogP contribution is -2.32. The number of carbonyl (C=O) groups is 2. The molecular weight excluding hydrogens is 370 g/mol. The molecule has 1 aliphatic heterocycles. The average molecular weight is 393 g/mol. The Labute approximate surface area is 168 Å². The Bertz CT molecular complexity index is 1070. The van der Waals surface area contributed by atoms with E-state index in [1.165, 1.54) is 0 Å². The van der Waals surface area contributed by atoms with E-state index in [2.05, 4.69) is 15.2 Å². The first-order valence-corrected chi connectivity index (χ1v) is 9.50. The van der Waals surface area contributed by atoms with Crippen LogP contribution in [0.3, 0.4) is 0 Å². The van der Waals surface area contributed by atoms with Gasteiger partial charge in [0.25, 0.3) is 5.91 Å². The molecule has 2 aromatic heterocycles. The Morgan fingerprint density at radius 1 is 1.24 bits per heavy atom. The van der Waals surface area contributed by atoms with Gasteiger partial charge in [0.15, 0.2) is 0 Å². The molecule has 3 aromatic rings. The van der Waals surface area contributed by atoms with Crippen LogP contribution in [0.15, 0.2) is 36.4 Å². The van der Waals surface area contributed by atoms with E-state index in [-0.39, 0.29) is 17.8 Å². The van der Waals surface area contributed by atoms with Gasteiger partial charge in [0, 0.05) is 19.7 Å². The molecule has 9 nitrogen and oxygen atoms in total. The number of aryl methyl sites for hydroxylation is 2. The standard InChI is InChI=1S/C20H23N7O2/c1-12-11-16-25(3)20(29)15(9-10-26(16)23-12)19-22-18(17(21)28)24-27(19)13(2)14-7-5-4-6-8-14/h4-8,11,13,15H,9-10H2,1-3H3,(H2,21,28)/t13?,15-/m0/s1. The number of nitrogens with two attached hydrogens (primary N) is 1. The summed E-state index contributed by atoms with van der Waals surface area (Å²) in [7, 11) is 1.73. The number of nitrogens with zero attached hydrogens (tertiary/aromatic N) is 6. The highest BCUT2D eigenvalue weighted by molar-refractivity contribution is 5.97. The maximum absolute atomic E-state index is 13.3. The largest absolute Gasteiger partial charge is 0.363 e. The van der Waals surface area contributed by atoms with Gasteiger partial charge < -0.3 is 5.73 Å². The Kier molecular flexibility index (Phi) is 4.65. The average Bonchev–Trinajstić information content (AvgIpc) is 3.29. The van der Waals surface area contributed by atoms with E-state index in [1.54, 1.807) is 16.6 Å².